The number of nitrogens with one attached hydrogen (secondary N) is 1. The molecule has 1 N–H and O–H groups in total. The van der Waals surface area contributed by atoms with E-state index >= 15 is 0 Å². The Morgan fingerprint density at radius 1 is 0.969 bits per heavy atom. The Morgan fingerprint density at radius 2 is 1.75 bits per heavy atom. The standard InChI is InChI=1S/C26H29N5O/c1-20-8-10-22(11-9-20)31-18-23(21-6-3-2-4-7-21)24-25(28-19-29-26(24)31)27-12-5-13-30-14-16-32-17-15-30/h2-4,6-11,18-19H,5,12-17H2,1H3,(H,27,28,29). The molecule has 1 saturated heterocycles. The molecule has 0 aliphatic carbocycles. The van der Waals surface area contributed by atoms with E-state index < -0.39 is 0 Å². The van der Waals surface area contributed by atoms with Crippen LogP contribution in [0.25, 0.3) is 27.8 Å². The highest BCUT2D eigenvalue weighted by atomic mass is 16.5. The number of rotatable bonds is 7. The average Bonchev–Trinajstić information content (AvgIpc) is 3.24. The third kappa shape index (κ3) is 4.38. The van der Waals surface area contributed by atoms with E-state index in [-0.39, 0.29) is 0 Å². The van der Waals surface area contributed by atoms with Gasteiger partial charge in [-0.3, -0.25) is 4.90 Å². The van der Waals surface area contributed by atoms with Gasteiger partial charge in [-0.2, -0.15) is 0 Å². The fourth-order valence-corrected chi connectivity index (χ4v) is 4.27. The predicted octanol–water partition coefficient (Wildman–Crippen LogP) is 4.53. The molecule has 0 atom stereocenters. The fraction of sp³-hybridized carbons (Fsp3) is 0.308. The number of benzene rings is 2. The van der Waals surface area contributed by atoms with Crippen molar-refractivity contribution < 1.29 is 4.74 Å². The third-order valence-electron chi connectivity index (χ3n) is 6.03. The van der Waals surface area contributed by atoms with Gasteiger partial charge < -0.3 is 14.6 Å². The van der Waals surface area contributed by atoms with Crippen molar-refractivity contribution in [3.8, 4) is 16.8 Å². The highest BCUT2D eigenvalue weighted by Crippen LogP contribution is 2.35. The van der Waals surface area contributed by atoms with Gasteiger partial charge in [-0.25, -0.2) is 9.97 Å². The minimum Gasteiger partial charge on any atom is -0.379 e. The topological polar surface area (TPSA) is 55.2 Å². The number of morpholine rings is 1. The summed E-state index contributed by atoms with van der Waals surface area (Å²) in [6.45, 7) is 7.77. The van der Waals surface area contributed by atoms with Gasteiger partial charge in [0.2, 0.25) is 0 Å². The number of aromatic nitrogens is 3. The molecule has 0 unspecified atom stereocenters. The van der Waals surface area contributed by atoms with Crippen LogP contribution in [0.5, 0.6) is 0 Å². The van der Waals surface area contributed by atoms with Crippen molar-refractivity contribution in [2.75, 3.05) is 44.7 Å². The number of hydrogen-bond donors (Lipinski definition) is 1. The zero-order valence-electron chi connectivity index (χ0n) is 18.5. The van der Waals surface area contributed by atoms with E-state index in [0.29, 0.717) is 0 Å². The Labute approximate surface area is 188 Å². The van der Waals surface area contributed by atoms with Gasteiger partial charge in [0.1, 0.15) is 12.1 Å². The Balaban J connectivity index is 1.47. The maximum atomic E-state index is 5.45. The van der Waals surface area contributed by atoms with Crippen LogP contribution in [0, 0.1) is 6.92 Å². The van der Waals surface area contributed by atoms with Crippen LogP contribution in [0.1, 0.15) is 12.0 Å². The SMILES string of the molecule is Cc1ccc(-n2cc(-c3ccccc3)c3c(NCCCN4CCOCC4)ncnc32)cc1. The first-order valence-electron chi connectivity index (χ1n) is 11.3. The van der Waals surface area contributed by atoms with Gasteiger partial charge in [0, 0.05) is 37.1 Å². The predicted molar refractivity (Wildman–Crippen MR) is 129 cm³/mol. The van der Waals surface area contributed by atoms with Crippen molar-refractivity contribution in [3.05, 3.63) is 72.7 Å². The second-order valence-corrected chi connectivity index (χ2v) is 8.27. The molecule has 0 saturated carbocycles. The van der Waals surface area contributed by atoms with Crippen LogP contribution in [-0.4, -0.2) is 58.8 Å². The lowest BCUT2D eigenvalue weighted by Gasteiger charge is -2.26. The Morgan fingerprint density at radius 3 is 2.53 bits per heavy atom. The summed E-state index contributed by atoms with van der Waals surface area (Å²) in [4.78, 5) is 11.8. The number of aryl methyl sites for hydroxylation is 1. The van der Waals surface area contributed by atoms with Crippen molar-refractivity contribution in [2.45, 2.75) is 13.3 Å². The summed E-state index contributed by atoms with van der Waals surface area (Å²) in [5.74, 6) is 0.890. The molecule has 1 aliphatic heterocycles. The molecule has 0 spiro atoms. The fourth-order valence-electron chi connectivity index (χ4n) is 4.27. The van der Waals surface area contributed by atoms with Crippen LogP contribution in [-0.2, 0) is 4.74 Å². The van der Waals surface area contributed by atoms with Gasteiger partial charge in [-0.15, -0.1) is 0 Å². The molecular weight excluding hydrogens is 398 g/mol. The summed E-state index contributed by atoms with van der Waals surface area (Å²) >= 11 is 0. The normalized spacial score (nSPS) is 14.7. The van der Waals surface area contributed by atoms with E-state index in [1.165, 1.54) is 5.56 Å². The van der Waals surface area contributed by atoms with Gasteiger partial charge in [-0.05, 0) is 37.6 Å². The summed E-state index contributed by atoms with van der Waals surface area (Å²) in [6, 6.07) is 19.0. The van der Waals surface area contributed by atoms with Crippen LogP contribution < -0.4 is 5.32 Å². The molecular formula is C26H29N5O. The maximum absolute atomic E-state index is 5.45. The second kappa shape index (κ2) is 9.51. The molecule has 5 rings (SSSR count). The number of hydrogen-bond acceptors (Lipinski definition) is 5. The molecule has 32 heavy (non-hydrogen) atoms. The van der Waals surface area contributed by atoms with Gasteiger partial charge >= 0.3 is 0 Å². The lowest BCUT2D eigenvalue weighted by atomic mass is 10.1. The van der Waals surface area contributed by atoms with Gasteiger partial charge in [0.25, 0.3) is 0 Å². The van der Waals surface area contributed by atoms with Crippen molar-refractivity contribution in [1.82, 2.24) is 19.4 Å². The average molecular weight is 428 g/mol. The molecule has 6 nitrogen and oxygen atoms in total. The zero-order chi connectivity index (χ0) is 21.8. The molecule has 2 aromatic heterocycles. The quantitative estimate of drug-likeness (QED) is 0.439. The minimum atomic E-state index is 0.840. The van der Waals surface area contributed by atoms with E-state index in [4.69, 9.17) is 4.74 Å². The Bertz CT molecular complexity index is 1160. The van der Waals surface area contributed by atoms with Crippen molar-refractivity contribution in [3.63, 3.8) is 0 Å². The lowest BCUT2D eigenvalue weighted by molar-refractivity contribution is 0.0378. The number of ether oxygens (including phenoxy) is 1. The third-order valence-corrected chi connectivity index (χ3v) is 6.03. The molecule has 3 heterocycles. The summed E-state index contributed by atoms with van der Waals surface area (Å²) < 4.78 is 7.61. The summed E-state index contributed by atoms with van der Waals surface area (Å²) in [5, 5.41) is 4.65. The van der Waals surface area contributed by atoms with Crippen molar-refractivity contribution in [1.29, 1.82) is 0 Å². The first-order chi connectivity index (χ1) is 15.8. The van der Waals surface area contributed by atoms with E-state index in [2.05, 4.69) is 86.4 Å². The van der Waals surface area contributed by atoms with Crippen LogP contribution >= 0.6 is 0 Å². The van der Waals surface area contributed by atoms with Crippen LogP contribution in [0.4, 0.5) is 5.82 Å². The molecule has 2 aromatic carbocycles. The largest absolute Gasteiger partial charge is 0.379 e. The number of fused-ring (bicyclic) bond motifs is 1. The van der Waals surface area contributed by atoms with Crippen molar-refractivity contribution >= 4 is 16.9 Å². The molecule has 1 fully saturated rings. The highest BCUT2D eigenvalue weighted by molar-refractivity contribution is 6.02. The summed E-state index contributed by atoms with van der Waals surface area (Å²) in [5.41, 5.74) is 5.55. The molecule has 4 aromatic rings. The molecule has 0 radical (unpaired) electrons. The van der Waals surface area contributed by atoms with Crippen molar-refractivity contribution in [2.24, 2.45) is 0 Å². The van der Waals surface area contributed by atoms with Gasteiger partial charge in [0.05, 0.1) is 18.6 Å². The van der Waals surface area contributed by atoms with E-state index in [1.807, 2.05) is 6.07 Å². The first kappa shape index (κ1) is 20.7. The summed E-state index contributed by atoms with van der Waals surface area (Å²) in [6.07, 6.45) is 4.90. The smallest absolute Gasteiger partial charge is 0.150 e. The maximum Gasteiger partial charge on any atom is 0.150 e. The Kier molecular flexibility index (Phi) is 6.14. The molecule has 6 heteroatoms. The van der Waals surface area contributed by atoms with Gasteiger partial charge in [-0.1, -0.05) is 48.0 Å². The second-order valence-electron chi connectivity index (χ2n) is 8.27. The molecule has 0 bridgehead atoms. The van der Waals surface area contributed by atoms with Crippen LogP contribution in [0.15, 0.2) is 67.1 Å². The van der Waals surface area contributed by atoms with E-state index in [9.17, 15) is 0 Å². The van der Waals surface area contributed by atoms with Gasteiger partial charge in [0.15, 0.2) is 5.65 Å². The molecule has 1 aliphatic rings. The molecule has 164 valence electrons. The van der Waals surface area contributed by atoms with Crippen LogP contribution in [0.2, 0.25) is 0 Å². The minimum absolute atomic E-state index is 0.840. The highest BCUT2D eigenvalue weighted by Gasteiger charge is 2.17. The number of nitrogens with zero attached hydrogens (tertiary/aromatic N) is 4. The monoisotopic (exact) mass is 427 g/mol. The molecule has 0 amide bonds. The lowest BCUT2D eigenvalue weighted by Crippen LogP contribution is -2.37. The summed E-state index contributed by atoms with van der Waals surface area (Å²) in [7, 11) is 0. The Hall–Kier alpha value is -3.22. The van der Waals surface area contributed by atoms with E-state index in [0.717, 1.165) is 79.5 Å². The van der Waals surface area contributed by atoms with E-state index in [1.54, 1.807) is 6.33 Å². The van der Waals surface area contributed by atoms with Crippen LogP contribution in [0.3, 0.4) is 0 Å². The zero-order valence-corrected chi connectivity index (χ0v) is 18.5. The first-order valence-corrected chi connectivity index (χ1v) is 11.3. The number of anilines is 1.